The van der Waals surface area contributed by atoms with E-state index in [0.29, 0.717) is 19.7 Å². The minimum absolute atomic E-state index is 0.00684. The molecule has 0 unspecified atom stereocenters. The average Bonchev–Trinajstić information content (AvgIpc) is 2.47. The predicted octanol–water partition coefficient (Wildman–Crippen LogP) is 1.67. The van der Waals surface area contributed by atoms with Crippen LogP contribution < -0.4 is 0 Å². The lowest BCUT2D eigenvalue weighted by molar-refractivity contribution is -0.150. The number of aliphatic carboxylic acids is 1. The average molecular weight is 291 g/mol. The van der Waals surface area contributed by atoms with Crippen LogP contribution in [0.15, 0.2) is 30.3 Å². The van der Waals surface area contributed by atoms with E-state index in [1.54, 1.807) is 4.90 Å². The van der Waals surface area contributed by atoms with Gasteiger partial charge in [0.1, 0.15) is 0 Å². The summed E-state index contributed by atoms with van der Waals surface area (Å²) in [6.07, 6.45) is -0.498. The standard InChI is InChI=1S/C16H21NO4/c1-16(2,12-6-4-3-5-7-12)15(20)17-8-9-21-13(11-17)10-14(18)19/h3-7,13H,8-11H2,1-2H3,(H,18,19)/t13-/m1/s1. The number of hydrogen-bond acceptors (Lipinski definition) is 3. The topological polar surface area (TPSA) is 66.8 Å². The molecule has 5 nitrogen and oxygen atoms in total. The fourth-order valence-corrected chi connectivity index (χ4v) is 2.60. The lowest BCUT2D eigenvalue weighted by Gasteiger charge is -2.37. The van der Waals surface area contributed by atoms with Crippen LogP contribution in [-0.2, 0) is 19.7 Å². The molecule has 1 aliphatic rings. The van der Waals surface area contributed by atoms with Crippen molar-refractivity contribution in [2.45, 2.75) is 31.8 Å². The van der Waals surface area contributed by atoms with Gasteiger partial charge in [-0.05, 0) is 19.4 Å². The SMILES string of the molecule is CC(C)(C(=O)N1CCO[C@H](CC(=O)O)C1)c1ccccc1. The number of ether oxygens (including phenoxy) is 1. The molecule has 1 N–H and O–H groups in total. The Morgan fingerprint density at radius 2 is 2.00 bits per heavy atom. The summed E-state index contributed by atoms with van der Waals surface area (Å²) in [6, 6.07) is 9.62. The summed E-state index contributed by atoms with van der Waals surface area (Å²) in [5, 5.41) is 8.85. The highest BCUT2D eigenvalue weighted by atomic mass is 16.5. The maximum absolute atomic E-state index is 12.8. The van der Waals surface area contributed by atoms with Crippen molar-refractivity contribution in [1.29, 1.82) is 0 Å². The minimum Gasteiger partial charge on any atom is -0.481 e. The van der Waals surface area contributed by atoms with Crippen molar-refractivity contribution in [3.63, 3.8) is 0 Å². The summed E-state index contributed by atoms with van der Waals surface area (Å²) in [6.45, 7) is 5.01. The molecule has 1 aromatic rings. The monoisotopic (exact) mass is 291 g/mol. The molecule has 0 bridgehead atoms. The molecule has 0 aromatic heterocycles. The van der Waals surface area contributed by atoms with E-state index in [4.69, 9.17) is 9.84 Å². The second kappa shape index (κ2) is 6.26. The van der Waals surface area contributed by atoms with Crippen LogP contribution >= 0.6 is 0 Å². The van der Waals surface area contributed by atoms with E-state index in [1.165, 1.54) is 0 Å². The highest BCUT2D eigenvalue weighted by Gasteiger charge is 2.36. The van der Waals surface area contributed by atoms with Crippen molar-refractivity contribution in [3.8, 4) is 0 Å². The molecular formula is C16H21NO4. The van der Waals surface area contributed by atoms with E-state index in [9.17, 15) is 9.59 Å². The maximum atomic E-state index is 12.8. The summed E-state index contributed by atoms with van der Waals surface area (Å²) in [5.41, 5.74) is 0.322. The number of carbonyl (C=O) groups is 2. The first-order chi connectivity index (χ1) is 9.91. The van der Waals surface area contributed by atoms with Gasteiger partial charge in [0, 0.05) is 13.1 Å². The third kappa shape index (κ3) is 3.61. The second-order valence-corrected chi connectivity index (χ2v) is 5.83. The van der Waals surface area contributed by atoms with Crippen LogP contribution in [0, 0.1) is 0 Å². The number of carboxylic acid groups (broad SMARTS) is 1. The Hall–Kier alpha value is -1.88. The maximum Gasteiger partial charge on any atom is 0.306 e. The molecule has 1 fully saturated rings. The number of carbonyl (C=O) groups excluding carboxylic acids is 1. The van der Waals surface area contributed by atoms with E-state index in [1.807, 2.05) is 44.2 Å². The summed E-state index contributed by atoms with van der Waals surface area (Å²) in [7, 11) is 0. The number of morpholine rings is 1. The normalized spacial score (nSPS) is 19.3. The second-order valence-electron chi connectivity index (χ2n) is 5.83. The van der Waals surface area contributed by atoms with Gasteiger partial charge in [0.15, 0.2) is 0 Å². The quantitative estimate of drug-likeness (QED) is 0.916. The van der Waals surface area contributed by atoms with Crippen molar-refractivity contribution >= 4 is 11.9 Å². The summed E-state index contributed by atoms with van der Waals surface area (Å²) in [4.78, 5) is 25.3. The van der Waals surface area contributed by atoms with Gasteiger partial charge in [0.2, 0.25) is 5.91 Å². The number of carboxylic acids is 1. The number of amides is 1. The molecule has 1 aliphatic heterocycles. The highest BCUT2D eigenvalue weighted by molar-refractivity contribution is 5.87. The molecule has 1 heterocycles. The lowest BCUT2D eigenvalue weighted by atomic mass is 9.83. The molecule has 5 heteroatoms. The van der Waals surface area contributed by atoms with Gasteiger partial charge in [-0.2, -0.15) is 0 Å². The molecule has 1 aromatic carbocycles. The van der Waals surface area contributed by atoms with E-state index >= 15 is 0 Å². The summed E-state index contributed by atoms with van der Waals surface area (Å²) >= 11 is 0. The third-order valence-electron chi connectivity index (χ3n) is 3.86. The zero-order valence-corrected chi connectivity index (χ0v) is 12.4. The summed E-state index contributed by atoms with van der Waals surface area (Å²) < 4.78 is 5.41. The Kier molecular flexibility index (Phi) is 4.63. The van der Waals surface area contributed by atoms with E-state index in [0.717, 1.165) is 5.56 Å². The first-order valence-electron chi connectivity index (χ1n) is 7.09. The van der Waals surface area contributed by atoms with E-state index < -0.39 is 17.5 Å². The minimum atomic E-state index is -0.906. The lowest BCUT2D eigenvalue weighted by Crippen LogP contribution is -2.51. The Morgan fingerprint density at radius 1 is 1.33 bits per heavy atom. The van der Waals surface area contributed by atoms with Crippen molar-refractivity contribution in [2.75, 3.05) is 19.7 Å². The first kappa shape index (κ1) is 15.5. The zero-order chi connectivity index (χ0) is 15.5. The van der Waals surface area contributed by atoms with Crippen molar-refractivity contribution in [2.24, 2.45) is 0 Å². The van der Waals surface area contributed by atoms with Gasteiger partial charge in [-0.25, -0.2) is 0 Å². The van der Waals surface area contributed by atoms with Crippen LogP contribution in [0.1, 0.15) is 25.8 Å². The molecule has 21 heavy (non-hydrogen) atoms. The van der Waals surface area contributed by atoms with E-state index in [-0.39, 0.29) is 12.3 Å². The molecule has 2 rings (SSSR count). The molecule has 0 saturated carbocycles. The highest BCUT2D eigenvalue weighted by Crippen LogP contribution is 2.26. The number of nitrogens with zero attached hydrogens (tertiary/aromatic N) is 1. The van der Waals surface area contributed by atoms with Gasteiger partial charge in [-0.15, -0.1) is 0 Å². The molecule has 1 amide bonds. The Labute approximate surface area is 124 Å². The molecular weight excluding hydrogens is 270 g/mol. The Balaban J connectivity index is 2.10. The predicted molar refractivity (Wildman–Crippen MR) is 78.0 cm³/mol. The summed E-state index contributed by atoms with van der Waals surface area (Å²) in [5.74, 6) is -0.899. The molecule has 1 saturated heterocycles. The van der Waals surface area contributed by atoms with Crippen molar-refractivity contribution in [1.82, 2.24) is 4.90 Å². The van der Waals surface area contributed by atoms with Gasteiger partial charge in [-0.1, -0.05) is 30.3 Å². The van der Waals surface area contributed by atoms with Gasteiger partial charge in [0.25, 0.3) is 0 Å². The van der Waals surface area contributed by atoms with Crippen molar-refractivity contribution < 1.29 is 19.4 Å². The number of rotatable bonds is 4. The molecule has 114 valence electrons. The third-order valence-corrected chi connectivity index (χ3v) is 3.86. The zero-order valence-electron chi connectivity index (χ0n) is 12.4. The molecule has 0 spiro atoms. The molecule has 0 aliphatic carbocycles. The van der Waals surface area contributed by atoms with Crippen molar-refractivity contribution in [3.05, 3.63) is 35.9 Å². The van der Waals surface area contributed by atoms with Crippen LogP contribution in [-0.4, -0.2) is 47.7 Å². The van der Waals surface area contributed by atoms with Gasteiger partial charge < -0.3 is 14.7 Å². The van der Waals surface area contributed by atoms with E-state index in [2.05, 4.69) is 0 Å². The van der Waals surface area contributed by atoms with Crippen LogP contribution in [0.3, 0.4) is 0 Å². The fraction of sp³-hybridized carbons (Fsp3) is 0.500. The number of hydrogen-bond donors (Lipinski definition) is 1. The Bertz CT molecular complexity index is 512. The van der Waals surface area contributed by atoms with Gasteiger partial charge >= 0.3 is 5.97 Å². The van der Waals surface area contributed by atoms with Crippen LogP contribution in [0.25, 0.3) is 0 Å². The van der Waals surface area contributed by atoms with Gasteiger partial charge in [0.05, 0.1) is 24.5 Å². The largest absolute Gasteiger partial charge is 0.481 e. The van der Waals surface area contributed by atoms with Crippen LogP contribution in [0.4, 0.5) is 0 Å². The molecule has 1 atom stereocenters. The van der Waals surface area contributed by atoms with Gasteiger partial charge in [-0.3, -0.25) is 9.59 Å². The Morgan fingerprint density at radius 3 is 2.62 bits per heavy atom. The molecule has 0 radical (unpaired) electrons. The van der Waals surface area contributed by atoms with Crippen LogP contribution in [0.5, 0.6) is 0 Å². The first-order valence-corrected chi connectivity index (χ1v) is 7.09. The number of benzene rings is 1. The van der Waals surface area contributed by atoms with Crippen LogP contribution in [0.2, 0.25) is 0 Å². The fourth-order valence-electron chi connectivity index (χ4n) is 2.60. The smallest absolute Gasteiger partial charge is 0.306 e.